The fraction of sp³-hybridized carbons (Fsp3) is 0.333. The van der Waals surface area contributed by atoms with Crippen LogP contribution in [0.2, 0.25) is 4.34 Å². The predicted molar refractivity (Wildman–Crippen MR) is 77.5 cm³/mol. The van der Waals surface area contributed by atoms with E-state index >= 15 is 0 Å². The van der Waals surface area contributed by atoms with E-state index in [2.05, 4.69) is 10.4 Å². The highest BCUT2D eigenvalue weighted by Gasteiger charge is 2.19. The Labute approximate surface area is 120 Å². The molecule has 1 unspecified atom stereocenters. The summed E-state index contributed by atoms with van der Waals surface area (Å²) in [4.78, 5) is 13.2. The van der Waals surface area contributed by atoms with Gasteiger partial charge in [0, 0.05) is 11.4 Å². The smallest absolute Gasteiger partial charge is 0.272 e. The molecule has 102 valence electrons. The van der Waals surface area contributed by atoms with E-state index < -0.39 is 0 Å². The Kier molecular flexibility index (Phi) is 4.11. The summed E-state index contributed by atoms with van der Waals surface area (Å²) in [6.07, 6.45) is 1.49. The topological polar surface area (TPSA) is 72.9 Å². The van der Waals surface area contributed by atoms with E-state index in [1.165, 1.54) is 17.5 Å². The van der Waals surface area contributed by atoms with Gasteiger partial charge in [-0.25, -0.2) is 0 Å². The van der Waals surface area contributed by atoms with Crippen molar-refractivity contribution in [3.05, 3.63) is 33.2 Å². The lowest BCUT2D eigenvalue weighted by molar-refractivity contribution is 0.0930. The molecule has 0 fully saturated rings. The molecule has 1 atom stereocenters. The molecular formula is C12H15ClN4OS. The standard InChI is InChI=1S/C12H15ClN4OS/c1-3-17-11(8(14)6-15-17)12(18)16-7(2)9-4-5-10(13)19-9/h4-7H,3,14H2,1-2H3,(H,16,18). The normalized spacial score (nSPS) is 12.4. The predicted octanol–water partition coefficient (Wildman–Crippen LogP) is 2.69. The monoisotopic (exact) mass is 298 g/mol. The fourth-order valence-corrected chi connectivity index (χ4v) is 2.85. The number of anilines is 1. The lowest BCUT2D eigenvalue weighted by atomic mass is 10.2. The number of halogens is 1. The minimum atomic E-state index is -0.228. The molecular weight excluding hydrogens is 284 g/mol. The van der Waals surface area contributed by atoms with Gasteiger partial charge in [0.2, 0.25) is 0 Å². The molecule has 0 aliphatic heterocycles. The van der Waals surface area contributed by atoms with Crippen molar-refractivity contribution in [1.82, 2.24) is 15.1 Å². The van der Waals surface area contributed by atoms with Gasteiger partial charge in [0.1, 0.15) is 5.69 Å². The molecule has 2 rings (SSSR count). The first-order valence-electron chi connectivity index (χ1n) is 5.90. The van der Waals surface area contributed by atoms with Crippen molar-refractivity contribution in [3.63, 3.8) is 0 Å². The summed E-state index contributed by atoms with van der Waals surface area (Å²) in [6, 6.07) is 3.59. The SMILES string of the molecule is CCn1ncc(N)c1C(=O)NC(C)c1ccc(Cl)s1. The van der Waals surface area contributed by atoms with E-state index in [4.69, 9.17) is 17.3 Å². The number of amides is 1. The van der Waals surface area contributed by atoms with Gasteiger partial charge in [-0.05, 0) is 26.0 Å². The third-order valence-corrected chi connectivity index (χ3v) is 4.16. The van der Waals surface area contributed by atoms with Crippen molar-refractivity contribution in [3.8, 4) is 0 Å². The number of carbonyl (C=O) groups excluding carboxylic acids is 1. The summed E-state index contributed by atoms with van der Waals surface area (Å²) < 4.78 is 2.29. The van der Waals surface area contributed by atoms with Crippen LogP contribution in [0.3, 0.4) is 0 Å². The molecule has 0 saturated heterocycles. The first kappa shape index (κ1) is 13.9. The van der Waals surface area contributed by atoms with Crippen LogP contribution in [0.5, 0.6) is 0 Å². The van der Waals surface area contributed by atoms with Crippen LogP contribution in [0.15, 0.2) is 18.3 Å². The number of carbonyl (C=O) groups is 1. The van der Waals surface area contributed by atoms with Gasteiger partial charge in [0.05, 0.1) is 22.3 Å². The van der Waals surface area contributed by atoms with Crippen molar-refractivity contribution in [2.24, 2.45) is 0 Å². The van der Waals surface area contributed by atoms with E-state index in [0.29, 0.717) is 22.3 Å². The number of nitrogens with zero attached hydrogens (tertiary/aromatic N) is 2. The average molecular weight is 299 g/mol. The lowest BCUT2D eigenvalue weighted by Gasteiger charge is -2.13. The Morgan fingerprint density at radius 1 is 1.63 bits per heavy atom. The molecule has 7 heteroatoms. The van der Waals surface area contributed by atoms with E-state index in [-0.39, 0.29) is 11.9 Å². The second-order valence-electron chi connectivity index (χ2n) is 4.10. The van der Waals surface area contributed by atoms with Gasteiger partial charge in [0.25, 0.3) is 5.91 Å². The van der Waals surface area contributed by atoms with Gasteiger partial charge in [-0.2, -0.15) is 5.10 Å². The van der Waals surface area contributed by atoms with Crippen LogP contribution in [0, 0.1) is 0 Å². The number of hydrogen-bond acceptors (Lipinski definition) is 4. The minimum Gasteiger partial charge on any atom is -0.396 e. The molecule has 19 heavy (non-hydrogen) atoms. The van der Waals surface area contributed by atoms with Crippen LogP contribution >= 0.6 is 22.9 Å². The van der Waals surface area contributed by atoms with E-state index in [1.807, 2.05) is 26.0 Å². The molecule has 3 N–H and O–H groups in total. The molecule has 5 nitrogen and oxygen atoms in total. The van der Waals surface area contributed by atoms with E-state index in [0.717, 1.165) is 4.88 Å². The van der Waals surface area contributed by atoms with Crippen LogP contribution in [0.25, 0.3) is 0 Å². The molecule has 0 aromatic carbocycles. The van der Waals surface area contributed by atoms with Crippen LogP contribution in [-0.4, -0.2) is 15.7 Å². The van der Waals surface area contributed by atoms with Crippen LogP contribution in [0.1, 0.15) is 35.3 Å². The molecule has 0 bridgehead atoms. The zero-order chi connectivity index (χ0) is 14.0. The summed E-state index contributed by atoms with van der Waals surface area (Å²) in [5, 5.41) is 6.95. The summed E-state index contributed by atoms with van der Waals surface area (Å²) >= 11 is 7.33. The molecule has 0 spiro atoms. The first-order valence-corrected chi connectivity index (χ1v) is 7.09. The summed E-state index contributed by atoms with van der Waals surface area (Å²) in [5.41, 5.74) is 6.56. The van der Waals surface area contributed by atoms with Crippen LogP contribution < -0.4 is 11.1 Å². The number of nitrogen functional groups attached to an aromatic ring is 1. The second-order valence-corrected chi connectivity index (χ2v) is 5.85. The molecule has 0 radical (unpaired) electrons. The van der Waals surface area contributed by atoms with Gasteiger partial charge < -0.3 is 11.1 Å². The third kappa shape index (κ3) is 2.90. The fourth-order valence-electron chi connectivity index (χ4n) is 1.78. The highest BCUT2D eigenvalue weighted by molar-refractivity contribution is 7.16. The summed E-state index contributed by atoms with van der Waals surface area (Å²) in [5.74, 6) is -0.228. The van der Waals surface area contributed by atoms with Crippen molar-refractivity contribution >= 4 is 34.5 Å². The number of nitrogens with one attached hydrogen (secondary N) is 1. The van der Waals surface area contributed by atoms with Crippen LogP contribution in [0.4, 0.5) is 5.69 Å². The Morgan fingerprint density at radius 2 is 2.37 bits per heavy atom. The zero-order valence-electron chi connectivity index (χ0n) is 10.7. The minimum absolute atomic E-state index is 0.121. The molecule has 0 aliphatic carbocycles. The molecule has 2 heterocycles. The molecule has 0 saturated carbocycles. The van der Waals surface area contributed by atoms with E-state index in [1.54, 1.807) is 4.68 Å². The van der Waals surface area contributed by atoms with Gasteiger partial charge in [-0.15, -0.1) is 11.3 Å². The number of aromatic nitrogens is 2. The zero-order valence-corrected chi connectivity index (χ0v) is 12.3. The highest BCUT2D eigenvalue weighted by Crippen LogP contribution is 2.27. The number of rotatable bonds is 4. The Morgan fingerprint density at radius 3 is 2.95 bits per heavy atom. The van der Waals surface area contributed by atoms with Gasteiger partial charge >= 0.3 is 0 Å². The molecule has 2 aromatic heterocycles. The summed E-state index contributed by atoms with van der Waals surface area (Å²) in [7, 11) is 0. The largest absolute Gasteiger partial charge is 0.396 e. The van der Waals surface area contributed by atoms with Gasteiger partial charge in [-0.3, -0.25) is 9.48 Å². The van der Waals surface area contributed by atoms with Crippen molar-refractivity contribution in [1.29, 1.82) is 0 Å². The maximum absolute atomic E-state index is 12.2. The Hall–Kier alpha value is -1.53. The third-order valence-electron chi connectivity index (χ3n) is 2.75. The first-order chi connectivity index (χ1) is 9.02. The van der Waals surface area contributed by atoms with Gasteiger partial charge in [-0.1, -0.05) is 11.6 Å². The average Bonchev–Trinajstić information content (AvgIpc) is 2.95. The Bertz CT molecular complexity index is 592. The van der Waals surface area contributed by atoms with Crippen molar-refractivity contribution < 1.29 is 4.79 Å². The molecule has 1 amide bonds. The number of aryl methyl sites for hydroxylation is 1. The molecule has 2 aromatic rings. The molecule has 0 aliphatic rings. The maximum Gasteiger partial charge on any atom is 0.272 e. The Balaban J connectivity index is 2.14. The van der Waals surface area contributed by atoms with Gasteiger partial charge in [0.15, 0.2) is 0 Å². The van der Waals surface area contributed by atoms with Crippen molar-refractivity contribution in [2.75, 3.05) is 5.73 Å². The second kappa shape index (κ2) is 5.63. The number of nitrogens with two attached hydrogens (primary N) is 1. The lowest BCUT2D eigenvalue weighted by Crippen LogP contribution is -2.29. The van der Waals surface area contributed by atoms with E-state index in [9.17, 15) is 4.79 Å². The number of thiophene rings is 1. The number of hydrogen-bond donors (Lipinski definition) is 2. The maximum atomic E-state index is 12.2. The van der Waals surface area contributed by atoms with Crippen LogP contribution in [-0.2, 0) is 6.54 Å². The summed E-state index contributed by atoms with van der Waals surface area (Å²) in [6.45, 7) is 4.41. The quantitative estimate of drug-likeness (QED) is 0.911. The van der Waals surface area contributed by atoms with Crippen molar-refractivity contribution in [2.45, 2.75) is 26.4 Å². The highest BCUT2D eigenvalue weighted by atomic mass is 35.5.